The van der Waals surface area contributed by atoms with Crippen molar-refractivity contribution in [2.24, 2.45) is 0 Å². The molecule has 0 bridgehead atoms. The van der Waals surface area contributed by atoms with Gasteiger partial charge in [-0.05, 0) is 43.7 Å². The Morgan fingerprint density at radius 1 is 1.00 bits per heavy atom. The van der Waals surface area contributed by atoms with Gasteiger partial charge in [0.1, 0.15) is 5.75 Å². The van der Waals surface area contributed by atoms with Gasteiger partial charge >= 0.3 is 6.03 Å². The number of carbonyl (C=O) groups is 1. The first-order valence-electron chi connectivity index (χ1n) is 6.87. The van der Waals surface area contributed by atoms with E-state index in [0.29, 0.717) is 11.4 Å². The molecule has 2 aromatic rings. The number of methoxy groups -OCH3 is 1. The molecule has 23 heavy (non-hydrogen) atoms. The fourth-order valence-electron chi connectivity index (χ4n) is 1.95. The Labute approximate surface area is 135 Å². The second-order valence-electron chi connectivity index (χ2n) is 5.08. The summed E-state index contributed by atoms with van der Waals surface area (Å²) in [6.45, 7) is 3.73. The number of anilines is 1. The molecule has 0 heterocycles. The van der Waals surface area contributed by atoms with E-state index in [2.05, 4.69) is 5.32 Å². The molecule has 2 rings (SSSR count). The highest BCUT2D eigenvalue weighted by atomic mass is 32.2. The predicted molar refractivity (Wildman–Crippen MR) is 88.3 cm³/mol. The molecule has 0 aliphatic rings. The van der Waals surface area contributed by atoms with Crippen LogP contribution in [0.25, 0.3) is 0 Å². The van der Waals surface area contributed by atoms with Crippen molar-refractivity contribution in [2.45, 2.75) is 18.7 Å². The molecule has 0 saturated carbocycles. The highest BCUT2D eigenvalue weighted by Gasteiger charge is 2.18. The number of urea groups is 1. The first-order chi connectivity index (χ1) is 10.8. The van der Waals surface area contributed by atoms with Crippen molar-refractivity contribution < 1.29 is 17.9 Å². The summed E-state index contributed by atoms with van der Waals surface area (Å²) in [6.07, 6.45) is 0. The van der Waals surface area contributed by atoms with Crippen molar-refractivity contribution >= 4 is 21.7 Å². The van der Waals surface area contributed by atoms with Crippen molar-refractivity contribution in [1.29, 1.82) is 0 Å². The Balaban J connectivity index is 2.14. The zero-order chi connectivity index (χ0) is 17.0. The van der Waals surface area contributed by atoms with E-state index in [1.165, 1.54) is 19.2 Å². The molecule has 0 fully saturated rings. The third-order valence-corrected chi connectivity index (χ3v) is 4.51. The Kier molecular flexibility index (Phi) is 4.90. The van der Waals surface area contributed by atoms with Gasteiger partial charge in [0.15, 0.2) is 0 Å². The van der Waals surface area contributed by atoms with E-state index in [1.54, 1.807) is 30.3 Å². The van der Waals surface area contributed by atoms with Gasteiger partial charge in [-0.3, -0.25) is 0 Å². The zero-order valence-corrected chi connectivity index (χ0v) is 13.9. The fraction of sp³-hybridized carbons (Fsp3) is 0.188. The molecule has 7 heteroatoms. The number of hydrogen-bond acceptors (Lipinski definition) is 4. The monoisotopic (exact) mass is 334 g/mol. The minimum absolute atomic E-state index is 0.0223. The van der Waals surface area contributed by atoms with Gasteiger partial charge in [-0.15, -0.1) is 0 Å². The lowest BCUT2D eigenvalue weighted by Crippen LogP contribution is -2.34. The number of benzene rings is 2. The molecule has 122 valence electrons. The fourth-order valence-corrected chi connectivity index (χ4v) is 2.86. The summed E-state index contributed by atoms with van der Waals surface area (Å²) in [5.41, 5.74) is 2.27. The largest absolute Gasteiger partial charge is 0.495 e. The smallest absolute Gasteiger partial charge is 0.333 e. The van der Waals surface area contributed by atoms with Gasteiger partial charge in [-0.2, -0.15) is 0 Å². The highest BCUT2D eigenvalue weighted by molar-refractivity contribution is 7.90. The van der Waals surface area contributed by atoms with E-state index in [4.69, 9.17) is 4.74 Å². The van der Waals surface area contributed by atoms with Crippen LogP contribution in [0.15, 0.2) is 47.4 Å². The van der Waals surface area contributed by atoms with Crippen LogP contribution in [-0.2, 0) is 10.0 Å². The van der Waals surface area contributed by atoms with Crippen LogP contribution in [0.2, 0.25) is 0 Å². The number of sulfonamides is 1. The van der Waals surface area contributed by atoms with E-state index in [1.807, 2.05) is 18.6 Å². The van der Waals surface area contributed by atoms with Crippen molar-refractivity contribution in [3.8, 4) is 5.75 Å². The summed E-state index contributed by atoms with van der Waals surface area (Å²) in [6, 6.07) is 10.5. The number of hydrogen-bond donors (Lipinski definition) is 2. The first kappa shape index (κ1) is 16.8. The van der Waals surface area contributed by atoms with Gasteiger partial charge in [-0.25, -0.2) is 17.9 Å². The summed E-state index contributed by atoms with van der Waals surface area (Å²) >= 11 is 0. The maximum atomic E-state index is 12.1. The highest BCUT2D eigenvalue weighted by Crippen LogP contribution is 2.25. The van der Waals surface area contributed by atoms with Crippen molar-refractivity contribution in [3.63, 3.8) is 0 Å². The molecule has 0 aliphatic heterocycles. The molecular weight excluding hydrogens is 316 g/mol. The van der Waals surface area contributed by atoms with Crippen LogP contribution in [0.3, 0.4) is 0 Å². The Hall–Kier alpha value is -2.54. The zero-order valence-electron chi connectivity index (χ0n) is 13.1. The minimum Gasteiger partial charge on any atom is -0.495 e. The Morgan fingerprint density at radius 3 is 2.22 bits per heavy atom. The molecule has 2 amide bonds. The van der Waals surface area contributed by atoms with Crippen LogP contribution in [0.1, 0.15) is 11.1 Å². The van der Waals surface area contributed by atoms with Crippen LogP contribution < -0.4 is 14.8 Å². The number of ether oxygens (including phenoxy) is 1. The van der Waals surface area contributed by atoms with Crippen molar-refractivity contribution in [2.75, 3.05) is 12.4 Å². The number of carbonyl (C=O) groups excluding carboxylic acids is 1. The standard InChI is InChI=1S/C16H18N2O4S/c1-11-4-7-13(8-5-11)23(20,21)18-16(19)17-14-9-6-12(2)10-15(14)22-3/h4-10H,1-3H3,(H2,17,18,19). The van der Waals surface area contributed by atoms with Crippen LogP contribution in [0.5, 0.6) is 5.75 Å². The summed E-state index contributed by atoms with van der Waals surface area (Å²) in [5, 5.41) is 2.47. The molecule has 6 nitrogen and oxygen atoms in total. The third-order valence-electron chi connectivity index (χ3n) is 3.16. The molecule has 0 aliphatic carbocycles. The Bertz CT molecular complexity index is 814. The SMILES string of the molecule is COc1cc(C)ccc1NC(=O)NS(=O)(=O)c1ccc(C)cc1. The maximum Gasteiger partial charge on any atom is 0.333 e. The molecule has 0 saturated heterocycles. The van der Waals surface area contributed by atoms with Crippen LogP contribution in [-0.4, -0.2) is 21.6 Å². The van der Waals surface area contributed by atoms with Crippen LogP contribution in [0.4, 0.5) is 10.5 Å². The van der Waals surface area contributed by atoms with Crippen molar-refractivity contribution in [3.05, 3.63) is 53.6 Å². The number of nitrogens with one attached hydrogen (secondary N) is 2. The van der Waals surface area contributed by atoms with Crippen LogP contribution >= 0.6 is 0 Å². The van der Waals surface area contributed by atoms with Crippen molar-refractivity contribution in [1.82, 2.24) is 4.72 Å². The topological polar surface area (TPSA) is 84.5 Å². The van der Waals surface area contributed by atoms with Gasteiger partial charge in [0.25, 0.3) is 10.0 Å². The molecule has 0 atom stereocenters. The molecular formula is C16H18N2O4S. The van der Waals surface area contributed by atoms with E-state index >= 15 is 0 Å². The summed E-state index contributed by atoms with van der Waals surface area (Å²) < 4.78 is 31.4. The Morgan fingerprint density at radius 2 is 1.61 bits per heavy atom. The van der Waals surface area contributed by atoms with E-state index < -0.39 is 16.1 Å². The quantitative estimate of drug-likeness (QED) is 0.900. The average molecular weight is 334 g/mol. The molecule has 2 N–H and O–H groups in total. The van der Waals surface area contributed by atoms with E-state index in [-0.39, 0.29) is 4.90 Å². The first-order valence-corrected chi connectivity index (χ1v) is 8.35. The second-order valence-corrected chi connectivity index (χ2v) is 6.76. The van der Waals surface area contributed by atoms with E-state index in [0.717, 1.165) is 11.1 Å². The average Bonchev–Trinajstić information content (AvgIpc) is 2.49. The lowest BCUT2D eigenvalue weighted by molar-refractivity contribution is 0.256. The van der Waals surface area contributed by atoms with Gasteiger partial charge < -0.3 is 10.1 Å². The summed E-state index contributed by atoms with van der Waals surface area (Å²) in [5.74, 6) is 0.452. The maximum absolute atomic E-state index is 12.1. The number of aryl methyl sites for hydroxylation is 2. The minimum atomic E-state index is -3.93. The van der Waals surface area contributed by atoms with Gasteiger partial charge in [0, 0.05) is 0 Å². The molecule has 2 aromatic carbocycles. The lowest BCUT2D eigenvalue weighted by Gasteiger charge is -2.12. The number of rotatable bonds is 4. The predicted octanol–water partition coefficient (Wildman–Crippen LogP) is 2.82. The molecule has 0 unspecified atom stereocenters. The number of amides is 2. The summed E-state index contributed by atoms with van der Waals surface area (Å²) in [4.78, 5) is 12.0. The molecule has 0 aromatic heterocycles. The lowest BCUT2D eigenvalue weighted by atomic mass is 10.2. The van der Waals surface area contributed by atoms with Gasteiger partial charge in [0.05, 0.1) is 17.7 Å². The van der Waals surface area contributed by atoms with Gasteiger partial charge in [-0.1, -0.05) is 23.8 Å². The van der Waals surface area contributed by atoms with Gasteiger partial charge in [0.2, 0.25) is 0 Å². The molecule has 0 radical (unpaired) electrons. The summed E-state index contributed by atoms with van der Waals surface area (Å²) in [7, 11) is -2.45. The van der Waals surface area contributed by atoms with Crippen LogP contribution in [0, 0.1) is 13.8 Å². The van der Waals surface area contributed by atoms with E-state index in [9.17, 15) is 13.2 Å². The normalized spacial score (nSPS) is 10.9. The third kappa shape index (κ3) is 4.23. The second kappa shape index (κ2) is 6.70. The molecule has 0 spiro atoms.